The Morgan fingerprint density at radius 3 is 2.46 bits per heavy atom. The molecule has 0 aromatic heterocycles. The van der Waals surface area contributed by atoms with Crippen molar-refractivity contribution in [2.24, 2.45) is 0 Å². The highest BCUT2D eigenvalue weighted by Gasteiger charge is 2.43. The summed E-state index contributed by atoms with van der Waals surface area (Å²) in [6, 6.07) is 8.60. The largest absolute Gasteiger partial charge is 0.388 e. The van der Waals surface area contributed by atoms with Crippen LogP contribution in [0.3, 0.4) is 0 Å². The molecule has 1 fully saturated rings. The number of hydrogen-bond acceptors (Lipinski definition) is 5. The quantitative estimate of drug-likeness (QED) is 0.502. The molecule has 2 amide bonds. The van der Waals surface area contributed by atoms with Crippen molar-refractivity contribution in [1.82, 2.24) is 10.6 Å². The molecule has 1 aliphatic rings. The van der Waals surface area contributed by atoms with Crippen LogP contribution in [0.4, 0.5) is 0 Å². The lowest BCUT2D eigenvalue weighted by atomic mass is 10.1. The number of ether oxygens (including phenoxy) is 1. The highest BCUT2D eigenvalue weighted by molar-refractivity contribution is 5.94. The molecule has 4 N–H and O–H groups in total. The third-order valence-electron chi connectivity index (χ3n) is 3.74. The number of amides is 2. The maximum absolute atomic E-state index is 12.0. The van der Waals surface area contributed by atoms with Gasteiger partial charge in [0.2, 0.25) is 5.91 Å². The first-order valence-electron chi connectivity index (χ1n) is 7.58. The van der Waals surface area contributed by atoms with Gasteiger partial charge >= 0.3 is 0 Å². The van der Waals surface area contributed by atoms with Gasteiger partial charge in [-0.15, -0.1) is 6.42 Å². The Kier molecular flexibility index (Phi) is 6.32. The minimum absolute atomic E-state index is 0.0223. The standard InChI is InChI=1S/C17H20N2O5/c1-2-8-18-14(20)9-12-15(21)16(22)13(24-12)10-19-17(23)11-6-4-3-5-7-11/h1,3-7,12-13,15-16,21-22H,8-10H2,(H,18,20)(H,19,23). The van der Waals surface area contributed by atoms with Crippen LogP contribution in [0.5, 0.6) is 0 Å². The molecule has 4 unspecified atom stereocenters. The molecule has 0 aliphatic carbocycles. The molecule has 24 heavy (non-hydrogen) atoms. The highest BCUT2D eigenvalue weighted by atomic mass is 16.5. The fraction of sp³-hybridized carbons (Fsp3) is 0.412. The molecule has 1 aromatic rings. The van der Waals surface area contributed by atoms with E-state index in [9.17, 15) is 19.8 Å². The van der Waals surface area contributed by atoms with Gasteiger partial charge in [-0.3, -0.25) is 9.59 Å². The summed E-state index contributed by atoms with van der Waals surface area (Å²) in [5.74, 6) is 1.58. The highest BCUT2D eigenvalue weighted by Crippen LogP contribution is 2.23. The Labute approximate surface area is 140 Å². The molecular weight excluding hydrogens is 312 g/mol. The number of nitrogens with one attached hydrogen (secondary N) is 2. The SMILES string of the molecule is C#CCNC(=O)CC1OC(CNC(=O)c2ccccc2)C(O)C1O. The van der Waals surface area contributed by atoms with Crippen molar-refractivity contribution in [2.45, 2.75) is 30.8 Å². The number of rotatable bonds is 6. The van der Waals surface area contributed by atoms with E-state index >= 15 is 0 Å². The minimum Gasteiger partial charge on any atom is -0.388 e. The van der Waals surface area contributed by atoms with E-state index in [1.807, 2.05) is 0 Å². The molecule has 0 radical (unpaired) electrons. The van der Waals surface area contributed by atoms with Crippen LogP contribution in [0.1, 0.15) is 16.8 Å². The van der Waals surface area contributed by atoms with Crippen molar-refractivity contribution in [3.8, 4) is 12.3 Å². The van der Waals surface area contributed by atoms with E-state index < -0.39 is 24.4 Å². The molecule has 0 bridgehead atoms. The van der Waals surface area contributed by atoms with E-state index in [1.54, 1.807) is 30.3 Å². The summed E-state index contributed by atoms with van der Waals surface area (Å²) in [6.45, 7) is 0.106. The van der Waals surface area contributed by atoms with E-state index in [0.29, 0.717) is 5.56 Å². The third-order valence-corrected chi connectivity index (χ3v) is 3.74. The first-order valence-corrected chi connectivity index (χ1v) is 7.58. The summed E-state index contributed by atoms with van der Waals surface area (Å²) in [5.41, 5.74) is 0.482. The van der Waals surface area contributed by atoms with E-state index in [2.05, 4.69) is 16.6 Å². The summed E-state index contributed by atoms with van der Waals surface area (Å²) in [6.07, 6.45) is 0.884. The Bertz CT molecular complexity index is 613. The fourth-order valence-electron chi connectivity index (χ4n) is 2.45. The van der Waals surface area contributed by atoms with Gasteiger partial charge in [0.05, 0.1) is 19.1 Å². The summed E-state index contributed by atoms with van der Waals surface area (Å²) >= 11 is 0. The van der Waals surface area contributed by atoms with Crippen molar-refractivity contribution in [3.63, 3.8) is 0 Å². The predicted octanol–water partition coefficient (Wildman–Crippen LogP) is -0.955. The lowest BCUT2D eigenvalue weighted by molar-refractivity contribution is -0.124. The number of carbonyl (C=O) groups excluding carboxylic acids is 2. The minimum atomic E-state index is -1.21. The van der Waals surface area contributed by atoms with Gasteiger partial charge in [0.25, 0.3) is 5.91 Å². The summed E-state index contributed by atoms with van der Waals surface area (Å²) in [7, 11) is 0. The Morgan fingerprint density at radius 2 is 1.79 bits per heavy atom. The normalized spacial score (nSPS) is 25.7. The lowest BCUT2D eigenvalue weighted by Gasteiger charge is -2.15. The van der Waals surface area contributed by atoms with Crippen LogP contribution < -0.4 is 10.6 Å². The molecule has 7 nitrogen and oxygen atoms in total. The predicted molar refractivity (Wildman–Crippen MR) is 85.9 cm³/mol. The van der Waals surface area contributed by atoms with Crippen molar-refractivity contribution >= 4 is 11.8 Å². The van der Waals surface area contributed by atoms with Crippen LogP contribution >= 0.6 is 0 Å². The zero-order chi connectivity index (χ0) is 17.5. The van der Waals surface area contributed by atoms with Crippen molar-refractivity contribution in [1.29, 1.82) is 0 Å². The smallest absolute Gasteiger partial charge is 0.251 e. The fourth-order valence-corrected chi connectivity index (χ4v) is 2.45. The first-order chi connectivity index (χ1) is 11.5. The average Bonchev–Trinajstić information content (AvgIpc) is 2.86. The number of carbonyl (C=O) groups is 2. The molecular formula is C17H20N2O5. The summed E-state index contributed by atoms with van der Waals surface area (Å²) < 4.78 is 5.50. The van der Waals surface area contributed by atoms with E-state index in [1.165, 1.54) is 0 Å². The van der Waals surface area contributed by atoms with Gasteiger partial charge < -0.3 is 25.6 Å². The molecule has 2 rings (SSSR count). The summed E-state index contributed by atoms with van der Waals surface area (Å²) in [4.78, 5) is 23.6. The lowest BCUT2D eigenvalue weighted by Crippen LogP contribution is -2.40. The second kappa shape index (κ2) is 8.45. The van der Waals surface area contributed by atoms with Gasteiger partial charge in [0.1, 0.15) is 18.3 Å². The number of benzene rings is 1. The molecule has 1 saturated heterocycles. The van der Waals surface area contributed by atoms with Gasteiger partial charge in [-0.1, -0.05) is 24.1 Å². The van der Waals surface area contributed by atoms with Crippen LogP contribution in [0.25, 0.3) is 0 Å². The summed E-state index contributed by atoms with van der Waals surface area (Å²) in [5, 5.41) is 25.1. The molecule has 1 heterocycles. The van der Waals surface area contributed by atoms with Crippen molar-refractivity contribution < 1.29 is 24.5 Å². The van der Waals surface area contributed by atoms with Crippen molar-refractivity contribution in [3.05, 3.63) is 35.9 Å². The molecule has 1 aromatic carbocycles. The molecule has 7 heteroatoms. The molecule has 0 saturated carbocycles. The van der Waals surface area contributed by atoms with Crippen molar-refractivity contribution in [2.75, 3.05) is 13.1 Å². The number of terminal acetylenes is 1. The van der Waals surface area contributed by atoms with E-state index in [4.69, 9.17) is 11.2 Å². The zero-order valence-electron chi connectivity index (χ0n) is 13.0. The molecule has 4 atom stereocenters. The number of aliphatic hydroxyl groups excluding tert-OH is 2. The average molecular weight is 332 g/mol. The zero-order valence-corrected chi connectivity index (χ0v) is 13.0. The van der Waals surface area contributed by atoms with Crippen LogP contribution in [-0.4, -0.2) is 59.5 Å². The second-order valence-electron chi connectivity index (χ2n) is 5.46. The van der Waals surface area contributed by atoms with Crippen LogP contribution in [-0.2, 0) is 9.53 Å². The second-order valence-corrected chi connectivity index (χ2v) is 5.46. The van der Waals surface area contributed by atoms with Gasteiger partial charge in [-0.25, -0.2) is 0 Å². The van der Waals surface area contributed by atoms with E-state index in [-0.39, 0.29) is 31.3 Å². The van der Waals surface area contributed by atoms with Gasteiger partial charge in [0, 0.05) is 12.1 Å². The maximum Gasteiger partial charge on any atom is 0.251 e. The topological polar surface area (TPSA) is 108 Å². The number of hydrogen-bond donors (Lipinski definition) is 4. The monoisotopic (exact) mass is 332 g/mol. The van der Waals surface area contributed by atoms with Crippen LogP contribution in [0.15, 0.2) is 30.3 Å². The third kappa shape index (κ3) is 4.55. The first kappa shape index (κ1) is 17.9. The Balaban J connectivity index is 1.85. The molecule has 128 valence electrons. The van der Waals surface area contributed by atoms with Gasteiger partial charge in [0.15, 0.2) is 0 Å². The van der Waals surface area contributed by atoms with Gasteiger partial charge in [-0.2, -0.15) is 0 Å². The Morgan fingerprint density at radius 1 is 1.12 bits per heavy atom. The van der Waals surface area contributed by atoms with Crippen LogP contribution in [0, 0.1) is 12.3 Å². The van der Waals surface area contributed by atoms with Crippen LogP contribution in [0.2, 0.25) is 0 Å². The maximum atomic E-state index is 12.0. The van der Waals surface area contributed by atoms with Gasteiger partial charge in [-0.05, 0) is 12.1 Å². The molecule has 1 aliphatic heterocycles. The van der Waals surface area contributed by atoms with E-state index in [0.717, 1.165) is 0 Å². The number of aliphatic hydroxyl groups is 2. The molecule has 0 spiro atoms. The Hall–Kier alpha value is -2.40.